The molecule has 0 spiro atoms. The van der Waals surface area contributed by atoms with Gasteiger partial charge in [0.05, 0.1) is 11.7 Å². The first-order valence-corrected chi connectivity index (χ1v) is 4.72. The molecular weight excluding hydrogens is 200 g/mol. The Kier molecular flexibility index (Phi) is 3.42. The molecule has 0 heterocycles. The quantitative estimate of drug-likeness (QED) is 0.809. The number of aliphatic hydroxyl groups is 1. The van der Waals surface area contributed by atoms with E-state index in [4.69, 9.17) is 5.73 Å². The zero-order valence-electron chi connectivity index (χ0n) is 8.80. The Bertz CT molecular complexity index is 332. The van der Waals surface area contributed by atoms with Crippen LogP contribution in [0.15, 0.2) is 18.2 Å². The fraction of sp³-hybridized carbons (Fsp3) is 0.455. The molecule has 3 N–H and O–H groups in total. The molecule has 0 fully saturated rings. The zero-order chi connectivity index (χ0) is 11.6. The average molecular weight is 215 g/mol. The van der Waals surface area contributed by atoms with E-state index in [1.807, 2.05) is 0 Å². The lowest BCUT2D eigenvalue weighted by molar-refractivity contribution is 0.0492. The van der Waals surface area contributed by atoms with E-state index in [0.29, 0.717) is 0 Å². The van der Waals surface area contributed by atoms with Gasteiger partial charge >= 0.3 is 0 Å². The molecule has 1 aromatic carbocycles. The van der Waals surface area contributed by atoms with Crippen molar-refractivity contribution in [3.05, 3.63) is 35.4 Å². The lowest BCUT2D eigenvalue weighted by Gasteiger charge is -2.29. The molecule has 4 heteroatoms. The van der Waals surface area contributed by atoms with Crippen molar-refractivity contribution in [2.24, 2.45) is 11.1 Å². The normalized spacial score (nSPS) is 14.0. The van der Waals surface area contributed by atoms with E-state index in [0.717, 1.165) is 12.1 Å². The minimum atomic E-state index is -1.25. The summed E-state index contributed by atoms with van der Waals surface area (Å²) in [6.45, 7) is 3.45. The molecule has 0 saturated heterocycles. The molecule has 0 aliphatic carbocycles. The first-order chi connectivity index (χ1) is 6.90. The second-order valence-corrected chi connectivity index (χ2v) is 4.23. The third-order valence-corrected chi connectivity index (χ3v) is 2.54. The molecular formula is C11H15F2NO. The monoisotopic (exact) mass is 215 g/mol. The maximum absolute atomic E-state index is 13.3. The summed E-state index contributed by atoms with van der Waals surface area (Å²) in [5.41, 5.74) is 4.37. The Labute approximate surface area is 87.7 Å². The van der Waals surface area contributed by atoms with Gasteiger partial charge in [-0.2, -0.15) is 0 Å². The molecule has 1 atom stereocenters. The number of rotatable bonds is 3. The van der Waals surface area contributed by atoms with Crippen molar-refractivity contribution in [1.82, 2.24) is 0 Å². The summed E-state index contributed by atoms with van der Waals surface area (Å²) in [4.78, 5) is 0. The SMILES string of the molecule is CC(C)(CN)C(O)c1c(F)cccc1F. The first-order valence-electron chi connectivity index (χ1n) is 4.72. The molecule has 0 aliphatic rings. The van der Waals surface area contributed by atoms with E-state index >= 15 is 0 Å². The van der Waals surface area contributed by atoms with Crippen LogP contribution in [0.5, 0.6) is 0 Å². The Morgan fingerprint density at radius 1 is 1.33 bits per heavy atom. The van der Waals surface area contributed by atoms with E-state index in [1.54, 1.807) is 13.8 Å². The van der Waals surface area contributed by atoms with Crippen molar-refractivity contribution in [1.29, 1.82) is 0 Å². The fourth-order valence-corrected chi connectivity index (χ4v) is 1.27. The highest BCUT2D eigenvalue weighted by Gasteiger charge is 2.31. The van der Waals surface area contributed by atoms with Crippen LogP contribution in [-0.4, -0.2) is 11.7 Å². The van der Waals surface area contributed by atoms with Crippen LogP contribution in [0.3, 0.4) is 0 Å². The van der Waals surface area contributed by atoms with Crippen molar-refractivity contribution in [2.45, 2.75) is 20.0 Å². The summed E-state index contributed by atoms with van der Waals surface area (Å²) in [7, 11) is 0. The number of nitrogens with two attached hydrogens (primary N) is 1. The van der Waals surface area contributed by atoms with Crippen LogP contribution in [0.1, 0.15) is 25.5 Å². The Morgan fingerprint density at radius 2 is 1.80 bits per heavy atom. The van der Waals surface area contributed by atoms with E-state index in [2.05, 4.69) is 0 Å². The largest absolute Gasteiger partial charge is 0.388 e. The maximum atomic E-state index is 13.3. The maximum Gasteiger partial charge on any atom is 0.131 e. The number of benzene rings is 1. The van der Waals surface area contributed by atoms with Crippen molar-refractivity contribution < 1.29 is 13.9 Å². The van der Waals surface area contributed by atoms with Crippen LogP contribution >= 0.6 is 0 Å². The number of halogens is 2. The molecule has 0 aromatic heterocycles. The Morgan fingerprint density at radius 3 is 2.20 bits per heavy atom. The minimum absolute atomic E-state index is 0.141. The van der Waals surface area contributed by atoms with Crippen molar-refractivity contribution >= 4 is 0 Å². The van der Waals surface area contributed by atoms with E-state index in [9.17, 15) is 13.9 Å². The Hall–Kier alpha value is -1.00. The molecule has 0 saturated carbocycles. The van der Waals surface area contributed by atoms with Gasteiger partial charge in [-0.15, -0.1) is 0 Å². The second kappa shape index (κ2) is 4.24. The third kappa shape index (κ3) is 2.33. The third-order valence-electron chi connectivity index (χ3n) is 2.54. The molecule has 1 aromatic rings. The Balaban J connectivity index is 3.16. The van der Waals surface area contributed by atoms with Gasteiger partial charge in [0.2, 0.25) is 0 Å². The molecule has 0 aliphatic heterocycles. The van der Waals surface area contributed by atoms with Crippen molar-refractivity contribution in [2.75, 3.05) is 6.54 Å². The number of hydrogen-bond acceptors (Lipinski definition) is 2. The summed E-state index contributed by atoms with van der Waals surface area (Å²) < 4.78 is 26.7. The van der Waals surface area contributed by atoms with Crippen LogP contribution in [0.25, 0.3) is 0 Å². The predicted molar refractivity (Wildman–Crippen MR) is 54.2 cm³/mol. The van der Waals surface area contributed by atoms with Crippen LogP contribution in [-0.2, 0) is 0 Å². The summed E-state index contributed by atoms with van der Waals surface area (Å²) in [6, 6.07) is 3.50. The lowest BCUT2D eigenvalue weighted by Crippen LogP contribution is -2.31. The van der Waals surface area contributed by atoms with E-state index in [-0.39, 0.29) is 12.1 Å². The number of hydrogen-bond donors (Lipinski definition) is 2. The average Bonchev–Trinajstić information content (AvgIpc) is 2.17. The summed E-state index contributed by atoms with van der Waals surface area (Å²) in [6.07, 6.45) is -1.25. The van der Waals surface area contributed by atoms with Gasteiger partial charge in [0.15, 0.2) is 0 Å². The van der Waals surface area contributed by atoms with Gasteiger partial charge in [0, 0.05) is 12.0 Å². The summed E-state index contributed by atoms with van der Waals surface area (Å²) in [5, 5.41) is 9.85. The fourth-order valence-electron chi connectivity index (χ4n) is 1.27. The van der Waals surface area contributed by atoms with Gasteiger partial charge in [-0.25, -0.2) is 8.78 Å². The molecule has 0 radical (unpaired) electrons. The van der Waals surface area contributed by atoms with Crippen LogP contribution in [0.2, 0.25) is 0 Å². The molecule has 1 unspecified atom stereocenters. The van der Waals surface area contributed by atoms with E-state index < -0.39 is 23.2 Å². The highest BCUT2D eigenvalue weighted by atomic mass is 19.1. The standard InChI is InChI=1S/C11H15F2NO/c1-11(2,6-14)10(15)9-7(12)4-3-5-8(9)13/h3-5,10,15H,6,14H2,1-2H3. The van der Waals surface area contributed by atoms with Gasteiger partial charge in [0.25, 0.3) is 0 Å². The molecule has 2 nitrogen and oxygen atoms in total. The highest BCUT2D eigenvalue weighted by Crippen LogP contribution is 2.34. The van der Waals surface area contributed by atoms with Crippen LogP contribution in [0, 0.1) is 17.0 Å². The van der Waals surface area contributed by atoms with Gasteiger partial charge in [-0.1, -0.05) is 19.9 Å². The van der Waals surface area contributed by atoms with Crippen molar-refractivity contribution in [3.63, 3.8) is 0 Å². The molecule has 15 heavy (non-hydrogen) atoms. The van der Waals surface area contributed by atoms with E-state index in [1.165, 1.54) is 6.07 Å². The van der Waals surface area contributed by atoms with Gasteiger partial charge < -0.3 is 10.8 Å². The van der Waals surface area contributed by atoms with Gasteiger partial charge in [-0.3, -0.25) is 0 Å². The van der Waals surface area contributed by atoms with Crippen LogP contribution < -0.4 is 5.73 Å². The minimum Gasteiger partial charge on any atom is -0.388 e. The van der Waals surface area contributed by atoms with Crippen molar-refractivity contribution in [3.8, 4) is 0 Å². The van der Waals surface area contributed by atoms with Crippen LogP contribution in [0.4, 0.5) is 8.78 Å². The van der Waals surface area contributed by atoms with Gasteiger partial charge in [0.1, 0.15) is 11.6 Å². The van der Waals surface area contributed by atoms with Gasteiger partial charge in [-0.05, 0) is 12.1 Å². The summed E-state index contributed by atoms with van der Waals surface area (Å²) in [5.74, 6) is -1.49. The molecule has 1 rings (SSSR count). The lowest BCUT2D eigenvalue weighted by atomic mass is 9.82. The number of aliphatic hydroxyl groups excluding tert-OH is 1. The highest BCUT2D eigenvalue weighted by molar-refractivity contribution is 5.23. The zero-order valence-corrected chi connectivity index (χ0v) is 8.80. The summed E-state index contributed by atoms with van der Waals surface area (Å²) >= 11 is 0. The second-order valence-electron chi connectivity index (χ2n) is 4.23. The predicted octanol–water partition coefficient (Wildman–Crippen LogP) is 1.98. The molecule has 0 amide bonds. The smallest absolute Gasteiger partial charge is 0.131 e. The first kappa shape index (κ1) is 12.1. The molecule has 84 valence electrons. The topological polar surface area (TPSA) is 46.2 Å². The molecule has 0 bridgehead atoms.